The van der Waals surface area contributed by atoms with E-state index in [0.717, 1.165) is 0 Å². The molecular weight excluding hydrogens is 234 g/mol. The number of nitrogens with zero attached hydrogens (tertiary/aromatic N) is 1. The smallest absolute Gasteiger partial charge is 0.410 e. The molecular formula is C13H21NO4. The monoisotopic (exact) mass is 255 g/mol. The molecule has 0 aromatic rings. The Morgan fingerprint density at radius 3 is 2.56 bits per heavy atom. The zero-order valence-electron chi connectivity index (χ0n) is 11.2. The number of carbonyl (C=O) groups excluding carboxylic acids is 1. The Hall–Kier alpha value is -1.52. The molecule has 1 aliphatic heterocycles. The molecule has 1 amide bonds. The molecule has 1 atom stereocenters. The lowest BCUT2D eigenvalue weighted by atomic mass is 9.84. The molecule has 1 unspecified atom stereocenters. The second-order valence-corrected chi connectivity index (χ2v) is 5.79. The van der Waals surface area contributed by atoms with Gasteiger partial charge in [-0.25, -0.2) is 4.79 Å². The molecule has 0 aromatic heterocycles. The number of ether oxygens (including phenoxy) is 1. The highest BCUT2D eigenvalue weighted by Gasteiger charge is 2.40. The Labute approximate surface area is 107 Å². The van der Waals surface area contributed by atoms with Crippen molar-refractivity contribution in [1.29, 1.82) is 0 Å². The van der Waals surface area contributed by atoms with Crippen molar-refractivity contribution in [2.45, 2.75) is 39.2 Å². The van der Waals surface area contributed by atoms with Gasteiger partial charge in [0.2, 0.25) is 0 Å². The van der Waals surface area contributed by atoms with Gasteiger partial charge in [-0.05, 0) is 27.2 Å². The van der Waals surface area contributed by atoms with Gasteiger partial charge in [0, 0.05) is 18.5 Å². The Balaban J connectivity index is 2.67. The largest absolute Gasteiger partial charge is 0.481 e. The zero-order chi connectivity index (χ0) is 14.0. The minimum atomic E-state index is -0.874. The van der Waals surface area contributed by atoms with Crippen LogP contribution in [0.5, 0.6) is 0 Å². The molecule has 5 nitrogen and oxygen atoms in total. The minimum Gasteiger partial charge on any atom is -0.481 e. The molecule has 0 radical (unpaired) electrons. The van der Waals surface area contributed by atoms with Crippen LogP contribution in [0, 0.1) is 5.41 Å². The molecule has 102 valence electrons. The van der Waals surface area contributed by atoms with Gasteiger partial charge in [0.15, 0.2) is 0 Å². The zero-order valence-corrected chi connectivity index (χ0v) is 11.2. The first kappa shape index (κ1) is 14.5. The van der Waals surface area contributed by atoms with E-state index < -0.39 is 23.1 Å². The Bertz CT molecular complexity index is 358. The maximum atomic E-state index is 11.9. The lowest BCUT2D eigenvalue weighted by molar-refractivity contribution is -0.138. The van der Waals surface area contributed by atoms with Crippen LogP contribution < -0.4 is 0 Å². The van der Waals surface area contributed by atoms with Crippen LogP contribution in [0.1, 0.15) is 33.6 Å². The number of rotatable bonds is 3. The number of carboxylic acid groups (broad SMARTS) is 1. The second kappa shape index (κ2) is 5.00. The molecule has 1 rings (SSSR count). The van der Waals surface area contributed by atoms with E-state index in [1.54, 1.807) is 31.7 Å². The fourth-order valence-corrected chi connectivity index (χ4v) is 2.06. The van der Waals surface area contributed by atoms with Crippen LogP contribution in [0.3, 0.4) is 0 Å². The van der Waals surface area contributed by atoms with Crippen molar-refractivity contribution in [1.82, 2.24) is 4.90 Å². The summed E-state index contributed by atoms with van der Waals surface area (Å²) >= 11 is 0. The highest BCUT2D eigenvalue weighted by Crippen LogP contribution is 2.35. The number of hydrogen-bond donors (Lipinski definition) is 1. The first-order valence-corrected chi connectivity index (χ1v) is 6.01. The first-order valence-electron chi connectivity index (χ1n) is 6.01. The molecule has 0 spiro atoms. The summed E-state index contributed by atoms with van der Waals surface area (Å²) < 4.78 is 5.27. The highest BCUT2D eigenvalue weighted by molar-refractivity contribution is 5.71. The number of aliphatic carboxylic acids is 1. The van der Waals surface area contributed by atoms with E-state index in [-0.39, 0.29) is 6.42 Å². The molecule has 1 saturated heterocycles. The van der Waals surface area contributed by atoms with Gasteiger partial charge in [-0.1, -0.05) is 6.08 Å². The molecule has 1 aliphatic rings. The van der Waals surface area contributed by atoms with Crippen LogP contribution in [-0.2, 0) is 9.53 Å². The van der Waals surface area contributed by atoms with Crippen LogP contribution in [0.25, 0.3) is 0 Å². The maximum Gasteiger partial charge on any atom is 0.410 e. The van der Waals surface area contributed by atoms with Crippen molar-refractivity contribution >= 4 is 12.1 Å². The predicted octanol–water partition coefficient (Wildman–Crippen LogP) is 2.27. The van der Waals surface area contributed by atoms with Crippen molar-refractivity contribution in [3.63, 3.8) is 0 Å². The van der Waals surface area contributed by atoms with E-state index in [4.69, 9.17) is 9.84 Å². The van der Waals surface area contributed by atoms with E-state index in [2.05, 4.69) is 6.58 Å². The highest BCUT2D eigenvalue weighted by atomic mass is 16.6. The summed E-state index contributed by atoms with van der Waals surface area (Å²) in [6.07, 6.45) is 1.86. The van der Waals surface area contributed by atoms with Gasteiger partial charge in [-0.2, -0.15) is 0 Å². The van der Waals surface area contributed by atoms with E-state index in [9.17, 15) is 9.59 Å². The SMILES string of the molecule is C=CC1(CC(=O)O)CCN(C(=O)OC(C)(C)C)C1. The maximum absolute atomic E-state index is 11.9. The fourth-order valence-electron chi connectivity index (χ4n) is 2.06. The van der Waals surface area contributed by atoms with Crippen LogP contribution in [-0.4, -0.2) is 40.8 Å². The summed E-state index contributed by atoms with van der Waals surface area (Å²) in [5.74, 6) is -0.874. The molecule has 0 saturated carbocycles. The third-order valence-corrected chi connectivity index (χ3v) is 2.97. The van der Waals surface area contributed by atoms with Gasteiger partial charge in [-0.15, -0.1) is 6.58 Å². The topological polar surface area (TPSA) is 66.8 Å². The molecule has 1 N–H and O–H groups in total. The summed E-state index contributed by atoms with van der Waals surface area (Å²) in [6, 6.07) is 0. The van der Waals surface area contributed by atoms with Crippen LogP contribution >= 0.6 is 0 Å². The summed E-state index contributed by atoms with van der Waals surface area (Å²) in [5, 5.41) is 8.90. The Kier molecular flexibility index (Phi) is 4.04. The quantitative estimate of drug-likeness (QED) is 0.786. The molecule has 5 heteroatoms. The molecule has 0 aliphatic carbocycles. The van der Waals surface area contributed by atoms with Crippen LogP contribution in [0.15, 0.2) is 12.7 Å². The minimum absolute atomic E-state index is 0.00417. The number of carbonyl (C=O) groups is 2. The van der Waals surface area contributed by atoms with E-state index in [0.29, 0.717) is 19.5 Å². The van der Waals surface area contributed by atoms with E-state index in [1.807, 2.05) is 0 Å². The van der Waals surface area contributed by atoms with Gasteiger partial charge in [0.1, 0.15) is 5.60 Å². The average molecular weight is 255 g/mol. The van der Waals surface area contributed by atoms with Crippen LogP contribution in [0.2, 0.25) is 0 Å². The normalized spacial score (nSPS) is 23.8. The fraction of sp³-hybridized carbons (Fsp3) is 0.692. The number of likely N-dealkylation sites (tertiary alicyclic amines) is 1. The summed E-state index contributed by atoms with van der Waals surface area (Å²) in [6.45, 7) is 9.97. The molecule has 0 aromatic carbocycles. The molecule has 1 heterocycles. The van der Waals surface area contributed by atoms with Crippen molar-refractivity contribution < 1.29 is 19.4 Å². The second-order valence-electron chi connectivity index (χ2n) is 5.79. The van der Waals surface area contributed by atoms with E-state index >= 15 is 0 Å². The molecule has 18 heavy (non-hydrogen) atoms. The van der Waals surface area contributed by atoms with Gasteiger partial charge in [-0.3, -0.25) is 4.79 Å². The lowest BCUT2D eigenvalue weighted by Gasteiger charge is -2.26. The molecule has 1 fully saturated rings. The average Bonchev–Trinajstić information content (AvgIpc) is 2.59. The summed E-state index contributed by atoms with van der Waals surface area (Å²) in [7, 11) is 0. The van der Waals surface area contributed by atoms with Gasteiger partial charge >= 0.3 is 12.1 Å². The van der Waals surface area contributed by atoms with Crippen LogP contribution in [0.4, 0.5) is 4.79 Å². The van der Waals surface area contributed by atoms with Crippen molar-refractivity contribution in [2.24, 2.45) is 5.41 Å². The summed E-state index contributed by atoms with van der Waals surface area (Å²) in [5.41, 5.74) is -1.06. The third-order valence-electron chi connectivity index (χ3n) is 2.97. The molecule has 0 bridgehead atoms. The predicted molar refractivity (Wildman–Crippen MR) is 67.3 cm³/mol. The van der Waals surface area contributed by atoms with Gasteiger partial charge < -0.3 is 14.7 Å². The van der Waals surface area contributed by atoms with Crippen molar-refractivity contribution in [3.05, 3.63) is 12.7 Å². The van der Waals surface area contributed by atoms with Gasteiger partial charge in [0.25, 0.3) is 0 Å². The lowest BCUT2D eigenvalue weighted by Crippen LogP contribution is -2.37. The first-order chi connectivity index (χ1) is 8.17. The number of hydrogen-bond acceptors (Lipinski definition) is 3. The number of carboxylic acids is 1. The van der Waals surface area contributed by atoms with Crippen molar-refractivity contribution in [3.8, 4) is 0 Å². The Morgan fingerprint density at radius 2 is 2.11 bits per heavy atom. The van der Waals surface area contributed by atoms with E-state index in [1.165, 1.54) is 0 Å². The van der Waals surface area contributed by atoms with Crippen molar-refractivity contribution in [2.75, 3.05) is 13.1 Å². The third kappa shape index (κ3) is 3.75. The Morgan fingerprint density at radius 1 is 1.50 bits per heavy atom. The number of amides is 1. The van der Waals surface area contributed by atoms with Gasteiger partial charge in [0.05, 0.1) is 6.42 Å². The summed E-state index contributed by atoms with van der Waals surface area (Å²) in [4.78, 5) is 24.3. The standard InChI is InChI=1S/C13H21NO4/c1-5-13(8-10(15)16)6-7-14(9-13)11(17)18-12(2,3)4/h5H,1,6-9H2,2-4H3,(H,15,16).